The fourth-order valence-corrected chi connectivity index (χ4v) is 5.07. The number of ether oxygens (including phenoxy) is 1. The molecule has 1 aliphatic heterocycles. The Kier molecular flexibility index (Phi) is 5.83. The lowest BCUT2D eigenvalue weighted by Crippen LogP contribution is -2.34. The molecule has 0 N–H and O–H groups in total. The van der Waals surface area contributed by atoms with Crippen LogP contribution in [0.15, 0.2) is 70.1 Å². The number of sulfonamides is 1. The molecule has 0 fully saturated rings. The van der Waals surface area contributed by atoms with Gasteiger partial charge in [-0.05, 0) is 35.8 Å². The maximum atomic E-state index is 13.4. The van der Waals surface area contributed by atoms with Gasteiger partial charge < -0.3 is 9.26 Å². The van der Waals surface area contributed by atoms with Crippen molar-refractivity contribution >= 4 is 15.6 Å². The van der Waals surface area contributed by atoms with Gasteiger partial charge in [0.1, 0.15) is 16.3 Å². The quantitative estimate of drug-likeness (QED) is 0.540. The molecule has 0 amide bonds. The Balaban J connectivity index is 1.65. The van der Waals surface area contributed by atoms with Gasteiger partial charge in [0.15, 0.2) is 0 Å². The van der Waals surface area contributed by atoms with Crippen molar-refractivity contribution in [2.45, 2.75) is 17.5 Å². The van der Waals surface area contributed by atoms with Gasteiger partial charge in [-0.3, -0.25) is 0 Å². The van der Waals surface area contributed by atoms with E-state index in [0.29, 0.717) is 6.42 Å². The molecule has 0 spiro atoms. The van der Waals surface area contributed by atoms with Gasteiger partial charge in [0.2, 0.25) is 15.8 Å². The van der Waals surface area contributed by atoms with Crippen LogP contribution in [0.5, 0.6) is 5.75 Å². The van der Waals surface area contributed by atoms with E-state index >= 15 is 0 Å². The summed E-state index contributed by atoms with van der Waals surface area (Å²) < 4.78 is 76.1. The van der Waals surface area contributed by atoms with E-state index < -0.39 is 22.0 Å². The van der Waals surface area contributed by atoms with Crippen LogP contribution in [0.25, 0.3) is 16.8 Å². The molecule has 0 unspecified atom stereocenters. The summed E-state index contributed by atoms with van der Waals surface area (Å²) in [6.07, 6.45) is -2.30. The first kappa shape index (κ1) is 22.1. The predicted molar refractivity (Wildman–Crippen MR) is 111 cm³/mol. The summed E-state index contributed by atoms with van der Waals surface area (Å²) >= 11 is 0. The van der Waals surface area contributed by atoms with Gasteiger partial charge in [0.25, 0.3) is 0 Å². The lowest BCUT2D eigenvalue weighted by atomic mass is 10.0. The van der Waals surface area contributed by atoms with Crippen LogP contribution in [0.2, 0.25) is 0 Å². The van der Waals surface area contributed by atoms with E-state index in [2.05, 4.69) is 9.68 Å². The molecular formula is C22H19F3N2O4S. The third kappa shape index (κ3) is 4.28. The Hall–Kier alpha value is -3.11. The van der Waals surface area contributed by atoms with Gasteiger partial charge in [-0.15, -0.1) is 0 Å². The van der Waals surface area contributed by atoms with Crippen LogP contribution in [0.4, 0.5) is 13.2 Å². The number of alkyl halides is 3. The van der Waals surface area contributed by atoms with Crippen LogP contribution in [-0.2, 0) is 16.2 Å². The minimum absolute atomic E-state index is 0.0890. The first-order valence-corrected chi connectivity index (χ1v) is 11.1. The minimum atomic E-state index is -4.69. The number of benzene rings is 2. The van der Waals surface area contributed by atoms with Crippen molar-refractivity contribution in [3.63, 3.8) is 0 Å². The van der Waals surface area contributed by atoms with E-state index in [-0.39, 0.29) is 35.0 Å². The molecule has 0 saturated heterocycles. The summed E-state index contributed by atoms with van der Waals surface area (Å²) in [6.45, 7) is 0.431. The topological polar surface area (TPSA) is 72.6 Å². The maximum absolute atomic E-state index is 13.4. The van der Waals surface area contributed by atoms with Gasteiger partial charge >= 0.3 is 6.18 Å². The molecular weight excluding hydrogens is 445 g/mol. The number of halogens is 3. The van der Waals surface area contributed by atoms with Gasteiger partial charge in [-0.1, -0.05) is 41.6 Å². The first-order chi connectivity index (χ1) is 15.2. The van der Waals surface area contributed by atoms with Crippen LogP contribution in [0.1, 0.15) is 17.7 Å². The van der Waals surface area contributed by atoms with Gasteiger partial charge in [-0.2, -0.15) is 17.5 Å². The third-order valence-corrected chi connectivity index (χ3v) is 7.07. The van der Waals surface area contributed by atoms with E-state index in [4.69, 9.17) is 4.74 Å². The van der Waals surface area contributed by atoms with Crippen molar-refractivity contribution in [1.29, 1.82) is 0 Å². The Bertz CT molecular complexity index is 1250. The number of hydrogen-bond donors (Lipinski definition) is 0. The molecule has 10 heteroatoms. The van der Waals surface area contributed by atoms with Crippen LogP contribution < -0.4 is 4.74 Å². The summed E-state index contributed by atoms with van der Waals surface area (Å²) in [7, 11) is -2.65. The zero-order valence-electron chi connectivity index (χ0n) is 17.0. The van der Waals surface area contributed by atoms with E-state index in [1.54, 1.807) is 0 Å². The fourth-order valence-electron chi connectivity index (χ4n) is 3.50. The highest BCUT2D eigenvalue weighted by molar-refractivity contribution is 7.89. The van der Waals surface area contributed by atoms with Crippen molar-refractivity contribution in [1.82, 2.24) is 9.46 Å². The summed E-state index contributed by atoms with van der Waals surface area (Å²) in [6, 6.07) is 14.5. The summed E-state index contributed by atoms with van der Waals surface area (Å²) in [4.78, 5) is -0.148. The number of rotatable bonds is 5. The van der Waals surface area contributed by atoms with Crippen LogP contribution in [0.3, 0.4) is 0 Å². The molecule has 3 aromatic rings. The Morgan fingerprint density at radius 1 is 1.06 bits per heavy atom. The molecule has 1 aliphatic rings. The van der Waals surface area contributed by atoms with E-state index in [1.807, 2.05) is 36.4 Å². The molecule has 32 heavy (non-hydrogen) atoms. The highest BCUT2D eigenvalue weighted by Crippen LogP contribution is 2.36. The highest BCUT2D eigenvalue weighted by atomic mass is 32.2. The zero-order valence-corrected chi connectivity index (χ0v) is 17.8. The molecule has 4 rings (SSSR count). The molecule has 2 aromatic carbocycles. The van der Waals surface area contributed by atoms with Gasteiger partial charge in [0, 0.05) is 24.7 Å². The lowest BCUT2D eigenvalue weighted by molar-refractivity contribution is -0.155. The first-order valence-electron chi connectivity index (χ1n) is 9.67. The monoisotopic (exact) mass is 464 g/mol. The Morgan fingerprint density at radius 2 is 1.81 bits per heavy atom. The van der Waals surface area contributed by atoms with Crippen molar-refractivity contribution in [3.8, 4) is 17.0 Å². The molecule has 0 bridgehead atoms. The molecule has 6 nitrogen and oxygen atoms in total. The van der Waals surface area contributed by atoms with E-state index in [0.717, 1.165) is 17.2 Å². The Morgan fingerprint density at radius 3 is 2.41 bits per heavy atom. The van der Waals surface area contributed by atoms with Crippen molar-refractivity contribution in [2.24, 2.45) is 0 Å². The van der Waals surface area contributed by atoms with Crippen molar-refractivity contribution in [2.75, 3.05) is 20.2 Å². The molecule has 0 saturated carbocycles. The van der Waals surface area contributed by atoms with Crippen molar-refractivity contribution in [3.05, 3.63) is 72.0 Å². The maximum Gasteiger partial charge on any atom is 0.452 e. The average Bonchev–Trinajstić information content (AvgIpc) is 3.30. The SMILES string of the molecule is COc1ccc(-c2cc(C(F)(F)F)on2)cc1S(=O)(=O)N1CC=C(c2ccccc2)CC1. The standard InChI is InChI=1S/C22H19F3N2O4S/c1-30-19-8-7-17(18-14-21(31-26-18)22(23,24)25)13-20(19)32(28,29)27-11-9-16(10-12-27)15-5-3-2-4-6-15/h2-9,13-14H,10-12H2,1H3. The molecule has 1 aromatic heterocycles. The molecule has 0 atom stereocenters. The fraction of sp³-hybridized carbons (Fsp3) is 0.227. The molecule has 0 aliphatic carbocycles. The summed E-state index contributed by atoms with van der Waals surface area (Å²) in [5, 5.41) is 3.43. The second-order valence-corrected chi connectivity index (χ2v) is 9.05. The average molecular weight is 464 g/mol. The minimum Gasteiger partial charge on any atom is -0.495 e. The molecule has 0 radical (unpaired) electrons. The normalized spacial score (nSPS) is 15.4. The van der Waals surface area contributed by atoms with Crippen LogP contribution >= 0.6 is 0 Å². The van der Waals surface area contributed by atoms with Gasteiger partial charge in [-0.25, -0.2) is 8.42 Å². The molecule has 168 valence electrons. The van der Waals surface area contributed by atoms with Gasteiger partial charge in [0.05, 0.1) is 7.11 Å². The highest BCUT2D eigenvalue weighted by Gasteiger charge is 2.36. The number of nitrogens with zero attached hydrogens (tertiary/aromatic N) is 2. The molecule has 2 heterocycles. The van der Waals surface area contributed by atoms with E-state index in [9.17, 15) is 21.6 Å². The number of methoxy groups -OCH3 is 1. The zero-order chi connectivity index (χ0) is 22.9. The number of aromatic nitrogens is 1. The second-order valence-electron chi connectivity index (χ2n) is 7.15. The van der Waals surface area contributed by atoms with Crippen molar-refractivity contribution < 1.29 is 30.8 Å². The summed E-state index contributed by atoms with van der Waals surface area (Å²) in [5.41, 5.74) is 2.14. The third-order valence-electron chi connectivity index (χ3n) is 5.18. The lowest BCUT2D eigenvalue weighted by Gasteiger charge is -2.26. The van der Waals surface area contributed by atoms with Crippen LogP contribution in [-0.4, -0.2) is 38.1 Å². The second kappa shape index (κ2) is 8.44. The van der Waals surface area contributed by atoms with E-state index in [1.165, 1.54) is 29.6 Å². The largest absolute Gasteiger partial charge is 0.495 e. The Labute approximate surface area is 183 Å². The number of hydrogen-bond acceptors (Lipinski definition) is 5. The predicted octanol–water partition coefficient (Wildman–Crippen LogP) is 4.85. The summed E-state index contributed by atoms with van der Waals surface area (Å²) in [5.74, 6) is -1.17. The smallest absolute Gasteiger partial charge is 0.452 e. The van der Waals surface area contributed by atoms with Crippen LogP contribution in [0, 0.1) is 0 Å².